The van der Waals surface area contributed by atoms with E-state index in [1.165, 1.54) is 22.3 Å². The van der Waals surface area contributed by atoms with Crippen molar-refractivity contribution in [3.63, 3.8) is 0 Å². The summed E-state index contributed by atoms with van der Waals surface area (Å²) in [7, 11) is 0. The van der Waals surface area contributed by atoms with E-state index in [0.717, 1.165) is 38.5 Å². The predicted octanol–water partition coefficient (Wildman–Crippen LogP) is 3.12. The molecule has 0 amide bonds. The van der Waals surface area contributed by atoms with Gasteiger partial charge in [0.05, 0.1) is 0 Å². The standard InChI is InChI=1S/C17H28BrN3/c1-13(2)12-20-6-8-21(9-7-20)16-5-4-15(10-14(3)19)17(18)11-16/h4-5,11,13-14H,6-10,12,19H2,1-3H3. The van der Waals surface area contributed by atoms with Crippen LogP contribution in [0, 0.1) is 5.92 Å². The molecular formula is C17H28BrN3. The Hall–Kier alpha value is -0.580. The van der Waals surface area contributed by atoms with Gasteiger partial charge in [0, 0.05) is 48.9 Å². The van der Waals surface area contributed by atoms with Gasteiger partial charge in [0.25, 0.3) is 0 Å². The van der Waals surface area contributed by atoms with Crippen molar-refractivity contribution >= 4 is 21.6 Å². The Balaban J connectivity index is 1.96. The molecule has 2 N–H and O–H groups in total. The molecule has 2 rings (SSSR count). The highest BCUT2D eigenvalue weighted by Crippen LogP contribution is 2.26. The minimum Gasteiger partial charge on any atom is -0.369 e. The van der Waals surface area contributed by atoms with Crippen molar-refractivity contribution in [2.75, 3.05) is 37.6 Å². The van der Waals surface area contributed by atoms with Crippen molar-refractivity contribution in [3.8, 4) is 0 Å². The minimum atomic E-state index is 0.201. The number of piperazine rings is 1. The number of benzene rings is 1. The van der Waals surface area contributed by atoms with Crippen molar-refractivity contribution in [1.29, 1.82) is 0 Å². The molecule has 1 fully saturated rings. The average molecular weight is 354 g/mol. The lowest BCUT2D eigenvalue weighted by atomic mass is 10.1. The summed E-state index contributed by atoms with van der Waals surface area (Å²) in [6.45, 7) is 12.4. The van der Waals surface area contributed by atoms with E-state index in [-0.39, 0.29) is 6.04 Å². The SMILES string of the molecule is CC(C)CN1CCN(c2ccc(CC(C)N)c(Br)c2)CC1. The van der Waals surface area contributed by atoms with E-state index in [4.69, 9.17) is 5.73 Å². The molecule has 1 atom stereocenters. The Labute approximate surface area is 137 Å². The van der Waals surface area contributed by atoms with Gasteiger partial charge in [-0.15, -0.1) is 0 Å². The zero-order valence-corrected chi connectivity index (χ0v) is 15.1. The van der Waals surface area contributed by atoms with Gasteiger partial charge in [-0.1, -0.05) is 35.8 Å². The van der Waals surface area contributed by atoms with Gasteiger partial charge >= 0.3 is 0 Å². The van der Waals surface area contributed by atoms with Crippen LogP contribution in [0.1, 0.15) is 26.3 Å². The molecule has 4 heteroatoms. The molecule has 3 nitrogen and oxygen atoms in total. The third-order valence-corrected chi connectivity index (χ3v) is 4.68. The maximum Gasteiger partial charge on any atom is 0.0378 e. The Morgan fingerprint density at radius 2 is 1.81 bits per heavy atom. The number of nitrogens with two attached hydrogens (primary N) is 1. The first-order valence-electron chi connectivity index (χ1n) is 7.97. The van der Waals surface area contributed by atoms with Crippen LogP contribution in [-0.4, -0.2) is 43.7 Å². The summed E-state index contributed by atoms with van der Waals surface area (Å²) in [6, 6.07) is 6.89. The summed E-state index contributed by atoms with van der Waals surface area (Å²) in [5, 5.41) is 0. The molecule has 0 aromatic heterocycles. The van der Waals surface area contributed by atoms with Crippen molar-refractivity contribution in [3.05, 3.63) is 28.2 Å². The second-order valence-corrected chi connectivity index (χ2v) is 7.49. The van der Waals surface area contributed by atoms with Crippen LogP contribution >= 0.6 is 15.9 Å². The fourth-order valence-electron chi connectivity index (χ4n) is 2.95. The molecule has 0 saturated carbocycles. The first-order chi connectivity index (χ1) is 9.95. The second-order valence-electron chi connectivity index (χ2n) is 6.64. The molecule has 1 saturated heterocycles. The Morgan fingerprint density at radius 1 is 1.14 bits per heavy atom. The number of hydrogen-bond acceptors (Lipinski definition) is 3. The van der Waals surface area contributed by atoms with Crippen LogP contribution in [0.25, 0.3) is 0 Å². The zero-order chi connectivity index (χ0) is 15.4. The Kier molecular flexibility index (Phi) is 6.08. The highest BCUT2D eigenvalue weighted by molar-refractivity contribution is 9.10. The molecule has 0 spiro atoms. The van der Waals surface area contributed by atoms with Crippen LogP contribution in [0.5, 0.6) is 0 Å². The lowest BCUT2D eigenvalue weighted by Gasteiger charge is -2.37. The summed E-state index contributed by atoms with van der Waals surface area (Å²) in [5.74, 6) is 0.753. The number of halogens is 1. The van der Waals surface area contributed by atoms with E-state index in [1.807, 2.05) is 6.92 Å². The molecule has 0 aliphatic carbocycles. The van der Waals surface area contributed by atoms with E-state index in [9.17, 15) is 0 Å². The van der Waals surface area contributed by atoms with Crippen LogP contribution in [0.3, 0.4) is 0 Å². The summed E-state index contributed by atoms with van der Waals surface area (Å²) in [6.07, 6.45) is 0.920. The molecule has 1 aliphatic rings. The monoisotopic (exact) mass is 353 g/mol. The number of rotatable bonds is 5. The van der Waals surface area contributed by atoms with E-state index in [1.54, 1.807) is 0 Å². The van der Waals surface area contributed by atoms with E-state index in [2.05, 4.69) is 57.8 Å². The molecule has 1 aromatic carbocycles. The van der Waals surface area contributed by atoms with E-state index >= 15 is 0 Å². The lowest BCUT2D eigenvalue weighted by Crippen LogP contribution is -2.47. The molecule has 21 heavy (non-hydrogen) atoms. The number of anilines is 1. The normalized spacial score (nSPS) is 18.3. The highest BCUT2D eigenvalue weighted by atomic mass is 79.9. The maximum atomic E-state index is 5.89. The summed E-state index contributed by atoms with van der Waals surface area (Å²) < 4.78 is 1.18. The Morgan fingerprint density at radius 3 is 2.33 bits per heavy atom. The van der Waals surface area contributed by atoms with Gasteiger partial charge in [0.15, 0.2) is 0 Å². The summed E-state index contributed by atoms with van der Waals surface area (Å²) in [5.41, 5.74) is 8.51. The molecule has 1 heterocycles. The molecular weight excluding hydrogens is 326 g/mol. The van der Waals surface area contributed by atoms with Gasteiger partial charge < -0.3 is 10.6 Å². The zero-order valence-electron chi connectivity index (χ0n) is 13.5. The van der Waals surface area contributed by atoms with Crippen LogP contribution in [-0.2, 0) is 6.42 Å². The molecule has 0 radical (unpaired) electrons. The van der Waals surface area contributed by atoms with Gasteiger partial charge in [-0.3, -0.25) is 4.90 Å². The highest BCUT2D eigenvalue weighted by Gasteiger charge is 2.18. The van der Waals surface area contributed by atoms with Crippen molar-refractivity contribution in [1.82, 2.24) is 4.90 Å². The first-order valence-corrected chi connectivity index (χ1v) is 8.76. The van der Waals surface area contributed by atoms with Crippen molar-refractivity contribution < 1.29 is 0 Å². The third-order valence-electron chi connectivity index (χ3n) is 3.94. The smallest absolute Gasteiger partial charge is 0.0378 e. The minimum absolute atomic E-state index is 0.201. The van der Waals surface area contributed by atoms with Crippen molar-refractivity contribution in [2.24, 2.45) is 11.7 Å². The lowest BCUT2D eigenvalue weighted by molar-refractivity contribution is 0.231. The third kappa shape index (κ3) is 4.97. The average Bonchev–Trinajstić information content (AvgIpc) is 2.41. The summed E-state index contributed by atoms with van der Waals surface area (Å²) >= 11 is 3.69. The first kappa shape index (κ1) is 16.8. The fraction of sp³-hybridized carbons (Fsp3) is 0.647. The molecule has 118 valence electrons. The van der Waals surface area contributed by atoms with Crippen LogP contribution in [0.4, 0.5) is 5.69 Å². The molecule has 1 aliphatic heterocycles. The largest absolute Gasteiger partial charge is 0.369 e. The molecule has 1 aromatic rings. The van der Waals surface area contributed by atoms with E-state index < -0.39 is 0 Å². The fourth-order valence-corrected chi connectivity index (χ4v) is 3.48. The topological polar surface area (TPSA) is 32.5 Å². The quantitative estimate of drug-likeness (QED) is 0.882. The van der Waals surface area contributed by atoms with Gasteiger partial charge in [-0.2, -0.15) is 0 Å². The van der Waals surface area contributed by atoms with Gasteiger partial charge in [-0.05, 0) is 37.0 Å². The number of hydrogen-bond donors (Lipinski definition) is 1. The maximum absolute atomic E-state index is 5.89. The van der Waals surface area contributed by atoms with Gasteiger partial charge in [0.2, 0.25) is 0 Å². The van der Waals surface area contributed by atoms with Gasteiger partial charge in [-0.25, -0.2) is 0 Å². The summed E-state index contributed by atoms with van der Waals surface area (Å²) in [4.78, 5) is 5.05. The second kappa shape index (κ2) is 7.61. The molecule has 0 bridgehead atoms. The Bertz CT molecular complexity index is 451. The molecule has 1 unspecified atom stereocenters. The predicted molar refractivity (Wildman–Crippen MR) is 95.0 cm³/mol. The van der Waals surface area contributed by atoms with E-state index in [0.29, 0.717) is 0 Å². The van der Waals surface area contributed by atoms with Crippen molar-refractivity contribution in [2.45, 2.75) is 33.2 Å². The number of nitrogens with zero attached hydrogens (tertiary/aromatic N) is 2. The van der Waals surface area contributed by atoms with Gasteiger partial charge in [0.1, 0.15) is 0 Å². The van der Waals surface area contributed by atoms with Crippen LogP contribution in [0.15, 0.2) is 22.7 Å². The van der Waals surface area contributed by atoms with Crippen LogP contribution < -0.4 is 10.6 Å². The van der Waals surface area contributed by atoms with Crippen LogP contribution in [0.2, 0.25) is 0 Å².